The van der Waals surface area contributed by atoms with E-state index in [4.69, 9.17) is 5.26 Å². The van der Waals surface area contributed by atoms with Crippen LogP contribution in [0.5, 0.6) is 5.75 Å². The van der Waals surface area contributed by atoms with Gasteiger partial charge in [-0.3, -0.25) is 4.79 Å². The Hall–Kier alpha value is -2.09. The maximum Gasteiger partial charge on any atom is 0.260 e. The Balaban J connectivity index is 2.94. The van der Waals surface area contributed by atoms with Gasteiger partial charge in [0.25, 0.3) is 5.91 Å². The number of amides is 1. The minimum atomic E-state index is -0.772. The number of phenols is 1. The van der Waals surface area contributed by atoms with E-state index >= 15 is 0 Å². The maximum absolute atomic E-state index is 13.4. The third-order valence-electron chi connectivity index (χ3n) is 2.32. The number of nitriles is 1. The summed E-state index contributed by atoms with van der Waals surface area (Å²) in [6.07, 6.45) is 0. The number of carbonyl (C=O) groups is 1. The molecular formula is C12H13FN2O2. The molecule has 1 unspecified atom stereocenters. The molecule has 0 saturated heterocycles. The molecule has 1 aromatic carbocycles. The van der Waals surface area contributed by atoms with Crippen LogP contribution in [0, 0.1) is 23.1 Å². The summed E-state index contributed by atoms with van der Waals surface area (Å²) in [7, 11) is 1.46. The van der Waals surface area contributed by atoms with E-state index in [0.29, 0.717) is 0 Å². The molecule has 17 heavy (non-hydrogen) atoms. The van der Waals surface area contributed by atoms with Gasteiger partial charge in [0, 0.05) is 13.6 Å². The van der Waals surface area contributed by atoms with Gasteiger partial charge in [0.05, 0.1) is 12.0 Å². The molecule has 5 heteroatoms. The van der Waals surface area contributed by atoms with E-state index in [-0.39, 0.29) is 18.0 Å². The summed E-state index contributed by atoms with van der Waals surface area (Å²) in [4.78, 5) is 13.1. The average molecular weight is 236 g/mol. The summed E-state index contributed by atoms with van der Waals surface area (Å²) >= 11 is 0. The molecule has 0 aliphatic heterocycles. The highest BCUT2D eigenvalue weighted by Gasteiger charge is 2.21. The van der Waals surface area contributed by atoms with Crippen LogP contribution in [0.2, 0.25) is 0 Å². The van der Waals surface area contributed by atoms with Crippen molar-refractivity contribution in [3.05, 3.63) is 29.6 Å². The second-order valence-corrected chi connectivity index (χ2v) is 3.85. The third kappa shape index (κ3) is 2.94. The number of rotatable bonds is 3. The normalized spacial score (nSPS) is 11.6. The topological polar surface area (TPSA) is 64.3 Å². The zero-order chi connectivity index (χ0) is 13.0. The number of phenolic OH excluding ortho intramolecular Hbond substituents is 1. The molecular weight excluding hydrogens is 223 g/mol. The Kier molecular flexibility index (Phi) is 4.05. The Labute approximate surface area is 98.9 Å². The monoisotopic (exact) mass is 236 g/mol. The van der Waals surface area contributed by atoms with E-state index < -0.39 is 17.5 Å². The van der Waals surface area contributed by atoms with Crippen LogP contribution < -0.4 is 0 Å². The predicted molar refractivity (Wildman–Crippen MR) is 59.8 cm³/mol. The number of aromatic hydroxyl groups is 1. The zero-order valence-corrected chi connectivity index (χ0v) is 9.64. The molecule has 0 bridgehead atoms. The number of carbonyl (C=O) groups excluding carboxylic acids is 1. The third-order valence-corrected chi connectivity index (χ3v) is 2.32. The van der Waals surface area contributed by atoms with Gasteiger partial charge in [-0.1, -0.05) is 6.07 Å². The fourth-order valence-corrected chi connectivity index (χ4v) is 1.45. The fraction of sp³-hybridized carbons (Fsp3) is 0.333. The van der Waals surface area contributed by atoms with Crippen molar-refractivity contribution in [2.24, 2.45) is 5.92 Å². The van der Waals surface area contributed by atoms with Gasteiger partial charge in [-0.2, -0.15) is 5.26 Å². The van der Waals surface area contributed by atoms with Crippen LogP contribution in [0.15, 0.2) is 18.2 Å². The zero-order valence-electron chi connectivity index (χ0n) is 9.64. The molecule has 0 spiro atoms. The number of halogens is 1. The lowest BCUT2D eigenvalue weighted by Gasteiger charge is -2.19. The Morgan fingerprint density at radius 3 is 2.82 bits per heavy atom. The highest BCUT2D eigenvalue weighted by molar-refractivity contribution is 5.96. The van der Waals surface area contributed by atoms with Crippen molar-refractivity contribution in [3.8, 4) is 11.8 Å². The lowest BCUT2D eigenvalue weighted by molar-refractivity contribution is 0.0777. The first-order valence-corrected chi connectivity index (χ1v) is 5.10. The lowest BCUT2D eigenvalue weighted by atomic mass is 10.1. The molecule has 0 radical (unpaired) electrons. The maximum atomic E-state index is 13.4. The van der Waals surface area contributed by atoms with Crippen molar-refractivity contribution in [1.29, 1.82) is 5.26 Å². The standard InChI is InChI=1S/C12H13FN2O2/c1-8(6-14)7-15(2)12(17)11-9(13)4-3-5-10(11)16/h3-5,8,16H,7H2,1-2H3. The van der Waals surface area contributed by atoms with Crippen LogP contribution in [0.1, 0.15) is 17.3 Å². The summed E-state index contributed by atoms with van der Waals surface area (Å²) in [6, 6.07) is 5.65. The highest BCUT2D eigenvalue weighted by Crippen LogP contribution is 2.21. The summed E-state index contributed by atoms with van der Waals surface area (Å²) < 4.78 is 13.4. The lowest BCUT2D eigenvalue weighted by Crippen LogP contribution is -2.31. The van der Waals surface area contributed by atoms with Gasteiger partial charge in [-0.05, 0) is 19.1 Å². The SMILES string of the molecule is CC(C#N)CN(C)C(=O)c1c(O)cccc1F. The van der Waals surface area contributed by atoms with Gasteiger partial charge in [0.15, 0.2) is 0 Å². The molecule has 0 heterocycles. The Morgan fingerprint density at radius 2 is 2.29 bits per heavy atom. The van der Waals surface area contributed by atoms with E-state index in [1.807, 2.05) is 6.07 Å². The van der Waals surface area contributed by atoms with E-state index in [2.05, 4.69) is 0 Å². The van der Waals surface area contributed by atoms with E-state index in [9.17, 15) is 14.3 Å². The first-order valence-electron chi connectivity index (χ1n) is 5.10. The van der Waals surface area contributed by atoms with Crippen LogP contribution in [-0.2, 0) is 0 Å². The largest absolute Gasteiger partial charge is 0.507 e. The molecule has 0 fully saturated rings. The van der Waals surface area contributed by atoms with Crippen molar-refractivity contribution in [1.82, 2.24) is 4.90 Å². The highest BCUT2D eigenvalue weighted by atomic mass is 19.1. The predicted octanol–water partition coefficient (Wildman–Crippen LogP) is 1.76. The van der Waals surface area contributed by atoms with E-state index in [1.165, 1.54) is 24.1 Å². The van der Waals surface area contributed by atoms with Crippen LogP contribution in [-0.4, -0.2) is 29.5 Å². The summed E-state index contributed by atoms with van der Waals surface area (Å²) in [5.41, 5.74) is -0.361. The molecule has 1 atom stereocenters. The van der Waals surface area contributed by atoms with Crippen molar-refractivity contribution >= 4 is 5.91 Å². The van der Waals surface area contributed by atoms with Crippen LogP contribution in [0.25, 0.3) is 0 Å². The molecule has 90 valence electrons. The summed E-state index contributed by atoms with van der Waals surface area (Å²) in [6.45, 7) is 1.84. The molecule has 0 saturated carbocycles. The Bertz CT molecular complexity index is 448. The van der Waals surface area contributed by atoms with Gasteiger partial charge in [0.1, 0.15) is 17.1 Å². The van der Waals surface area contributed by atoms with Crippen molar-refractivity contribution in [2.45, 2.75) is 6.92 Å². The molecule has 1 N–H and O–H groups in total. The minimum absolute atomic E-state index is 0.184. The minimum Gasteiger partial charge on any atom is -0.507 e. The average Bonchev–Trinajstić information content (AvgIpc) is 2.28. The first kappa shape index (κ1) is 13.0. The van der Waals surface area contributed by atoms with Gasteiger partial charge in [-0.25, -0.2) is 4.39 Å². The molecule has 0 aromatic heterocycles. The van der Waals surface area contributed by atoms with Gasteiger partial charge >= 0.3 is 0 Å². The van der Waals surface area contributed by atoms with Crippen molar-refractivity contribution < 1.29 is 14.3 Å². The van der Waals surface area contributed by atoms with Crippen LogP contribution in [0.3, 0.4) is 0 Å². The van der Waals surface area contributed by atoms with Crippen LogP contribution in [0.4, 0.5) is 4.39 Å². The van der Waals surface area contributed by atoms with E-state index in [1.54, 1.807) is 6.92 Å². The quantitative estimate of drug-likeness (QED) is 0.869. The number of benzene rings is 1. The van der Waals surface area contributed by atoms with E-state index in [0.717, 1.165) is 6.07 Å². The van der Waals surface area contributed by atoms with Crippen molar-refractivity contribution in [2.75, 3.05) is 13.6 Å². The summed E-state index contributed by atoms with van der Waals surface area (Å²) in [5, 5.41) is 18.1. The molecule has 1 amide bonds. The second-order valence-electron chi connectivity index (χ2n) is 3.85. The van der Waals surface area contributed by atoms with Gasteiger partial charge in [0.2, 0.25) is 0 Å². The molecule has 4 nitrogen and oxygen atoms in total. The first-order chi connectivity index (χ1) is 7.97. The number of hydrogen-bond donors (Lipinski definition) is 1. The molecule has 0 aliphatic rings. The molecule has 1 rings (SSSR count). The van der Waals surface area contributed by atoms with Crippen molar-refractivity contribution in [3.63, 3.8) is 0 Å². The Morgan fingerprint density at radius 1 is 1.65 bits per heavy atom. The molecule has 1 aromatic rings. The van der Waals surface area contributed by atoms with Gasteiger partial charge < -0.3 is 10.0 Å². The smallest absolute Gasteiger partial charge is 0.260 e. The second kappa shape index (κ2) is 5.30. The van der Waals surface area contributed by atoms with Crippen LogP contribution >= 0.6 is 0 Å². The number of hydrogen-bond acceptors (Lipinski definition) is 3. The van der Waals surface area contributed by atoms with Gasteiger partial charge in [-0.15, -0.1) is 0 Å². The fourth-order valence-electron chi connectivity index (χ4n) is 1.45. The molecule has 0 aliphatic carbocycles. The summed E-state index contributed by atoms with van der Waals surface area (Å²) in [5.74, 6) is -2.15. The number of nitrogens with zero attached hydrogens (tertiary/aromatic N) is 2.